The second-order valence-corrected chi connectivity index (χ2v) is 5.23. The van der Waals surface area contributed by atoms with Gasteiger partial charge in [-0.3, -0.25) is 0 Å². The van der Waals surface area contributed by atoms with E-state index in [0.29, 0.717) is 13.1 Å². The van der Waals surface area contributed by atoms with Crippen LogP contribution in [0.2, 0.25) is 0 Å². The molecule has 2 nitrogen and oxygen atoms in total. The first-order valence-electron chi connectivity index (χ1n) is 7.04. The average Bonchev–Trinajstić information content (AvgIpc) is 2.90. The van der Waals surface area contributed by atoms with Crippen LogP contribution >= 0.6 is 0 Å². The molecular formula is C17H17F2NO. The molecule has 2 aromatic carbocycles. The first-order valence-corrected chi connectivity index (χ1v) is 7.04. The van der Waals surface area contributed by atoms with Gasteiger partial charge >= 0.3 is 0 Å². The Balaban J connectivity index is 1.50. The molecule has 0 aliphatic carbocycles. The molecule has 1 aliphatic heterocycles. The Morgan fingerprint density at radius 2 is 2.00 bits per heavy atom. The summed E-state index contributed by atoms with van der Waals surface area (Å²) in [6.45, 7) is 1.27. The summed E-state index contributed by atoms with van der Waals surface area (Å²) in [7, 11) is 0. The van der Waals surface area contributed by atoms with E-state index in [1.54, 1.807) is 12.1 Å². The van der Waals surface area contributed by atoms with E-state index in [0.717, 1.165) is 17.7 Å². The Hall–Kier alpha value is -1.94. The summed E-state index contributed by atoms with van der Waals surface area (Å²) in [6, 6.07) is 14.5. The largest absolute Gasteiger partial charge is 0.488 e. The van der Waals surface area contributed by atoms with Gasteiger partial charge in [0.25, 0.3) is 6.43 Å². The van der Waals surface area contributed by atoms with Crippen molar-refractivity contribution in [1.29, 1.82) is 0 Å². The zero-order chi connectivity index (χ0) is 14.7. The van der Waals surface area contributed by atoms with Crippen LogP contribution in [0.5, 0.6) is 5.75 Å². The van der Waals surface area contributed by atoms with Gasteiger partial charge in [0.2, 0.25) is 0 Å². The van der Waals surface area contributed by atoms with Crippen molar-refractivity contribution in [3.05, 3.63) is 65.2 Å². The summed E-state index contributed by atoms with van der Waals surface area (Å²) >= 11 is 0. The zero-order valence-electron chi connectivity index (χ0n) is 11.6. The highest BCUT2D eigenvalue weighted by Crippen LogP contribution is 2.27. The SMILES string of the molecule is FC(F)c1cccc(CNCC2Cc3ccccc3O2)c1. The molecule has 110 valence electrons. The second kappa shape index (κ2) is 6.22. The minimum absolute atomic E-state index is 0.0684. The van der Waals surface area contributed by atoms with E-state index >= 15 is 0 Å². The van der Waals surface area contributed by atoms with Crippen LogP contribution in [0.4, 0.5) is 8.78 Å². The Morgan fingerprint density at radius 1 is 1.14 bits per heavy atom. The molecule has 0 radical (unpaired) electrons. The van der Waals surface area contributed by atoms with Crippen LogP contribution in [0.25, 0.3) is 0 Å². The lowest BCUT2D eigenvalue weighted by Crippen LogP contribution is -2.29. The monoisotopic (exact) mass is 289 g/mol. The van der Waals surface area contributed by atoms with Gasteiger partial charge in [-0.25, -0.2) is 8.78 Å². The van der Waals surface area contributed by atoms with E-state index in [-0.39, 0.29) is 11.7 Å². The molecule has 2 aromatic rings. The molecule has 1 atom stereocenters. The number of hydrogen-bond donors (Lipinski definition) is 1. The highest BCUT2D eigenvalue weighted by atomic mass is 19.3. The van der Waals surface area contributed by atoms with Gasteiger partial charge in [-0.1, -0.05) is 36.4 Å². The normalized spacial score (nSPS) is 16.8. The summed E-state index contributed by atoms with van der Waals surface area (Å²) in [6.07, 6.45) is -1.42. The van der Waals surface area contributed by atoms with Crippen molar-refractivity contribution in [2.75, 3.05) is 6.54 Å². The highest BCUT2D eigenvalue weighted by molar-refractivity contribution is 5.37. The van der Waals surface area contributed by atoms with Gasteiger partial charge in [0.15, 0.2) is 0 Å². The van der Waals surface area contributed by atoms with Crippen molar-refractivity contribution in [2.24, 2.45) is 0 Å². The maximum Gasteiger partial charge on any atom is 0.263 e. The van der Waals surface area contributed by atoms with Gasteiger partial charge in [0.1, 0.15) is 11.9 Å². The van der Waals surface area contributed by atoms with Crippen LogP contribution in [0.15, 0.2) is 48.5 Å². The molecule has 0 saturated carbocycles. The third-order valence-electron chi connectivity index (χ3n) is 3.62. The van der Waals surface area contributed by atoms with Gasteiger partial charge in [-0.2, -0.15) is 0 Å². The third kappa shape index (κ3) is 3.39. The molecule has 1 aliphatic rings. The smallest absolute Gasteiger partial charge is 0.263 e. The summed E-state index contributed by atoms with van der Waals surface area (Å²) in [5.41, 5.74) is 2.16. The van der Waals surface area contributed by atoms with Gasteiger partial charge < -0.3 is 10.1 Å². The van der Waals surface area contributed by atoms with Gasteiger partial charge in [-0.15, -0.1) is 0 Å². The van der Waals surface area contributed by atoms with Crippen LogP contribution in [0.3, 0.4) is 0 Å². The standard InChI is InChI=1S/C17H17F2NO/c18-17(19)14-6-3-4-12(8-14)10-20-11-15-9-13-5-1-2-7-16(13)21-15/h1-8,15,17,20H,9-11H2. The molecule has 0 aromatic heterocycles. The number of fused-ring (bicyclic) bond motifs is 1. The number of rotatable bonds is 5. The molecule has 21 heavy (non-hydrogen) atoms. The van der Waals surface area contributed by atoms with Gasteiger partial charge in [0, 0.05) is 25.1 Å². The predicted octanol–water partition coefficient (Wildman–Crippen LogP) is 3.72. The van der Waals surface area contributed by atoms with Crippen LogP contribution in [-0.2, 0) is 13.0 Å². The van der Waals surface area contributed by atoms with Crippen molar-refractivity contribution < 1.29 is 13.5 Å². The van der Waals surface area contributed by atoms with Crippen molar-refractivity contribution in [1.82, 2.24) is 5.32 Å². The number of nitrogens with one attached hydrogen (secondary N) is 1. The number of halogens is 2. The Kier molecular flexibility index (Phi) is 4.15. The van der Waals surface area contributed by atoms with Crippen LogP contribution in [0.1, 0.15) is 23.1 Å². The number of alkyl halides is 2. The number of hydrogen-bond acceptors (Lipinski definition) is 2. The summed E-state index contributed by atoms with van der Waals surface area (Å²) in [4.78, 5) is 0. The van der Waals surface area contributed by atoms with E-state index in [1.165, 1.54) is 11.6 Å². The average molecular weight is 289 g/mol. The predicted molar refractivity (Wildman–Crippen MR) is 77.7 cm³/mol. The van der Waals surface area contributed by atoms with Gasteiger partial charge in [0.05, 0.1) is 0 Å². The first kappa shape index (κ1) is 14.0. The summed E-state index contributed by atoms with van der Waals surface area (Å²) in [5.74, 6) is 0.948. The van der Waals surface area contributed by atoms with E-state index in [2.05, 4.69) is 11.4 Å². The Labute approximate surface area is 122 Å². The van der Waals surface area contributed by atoms with Crippen molar-refractivity contribution in [2.45, 2.75) is 25.5 Å². The molecular weight excluding hydrogens is 272 g/mol. The van der Waals surface area contributed by atoms with Crippen molar-refractivity contribution in [3.8, 4) is 5.75 Å². The molecule has 0 amide bonds. The molecule has 4 heteroatoms. The molecule has 0 bridgehead atoms. The van der Waals surface area contributed by atoms with Crippen LogP contribution in [0, 0.1) is 0 Å². The Bertz CT molecular complexity index is 590. The minimum atomic E-state index is -2.42. The molecule has 0 fully saturated rings. The fourth-order valence-electron chi connectivity index (χ4n) is 2.58. The molecule has 1 N–H and O–H groups in total. The summed E-state index contributed by atoms with van der Waals surface area (Å²) < 4.78 is 31.1. The number of ether oxygens (including phenoxy) is 1. The molecule has 1 unspecified atom stereocenters. The third-order valence-corrected chi connectivity index (χ3v) is 3.62. The Morgan fingerprint density at radius 3 is 2.81 bits per heavy atom. The maximum atomic E-state index is 12.6. The fourth-order valence-corrected chi connectivity index (χ4v) is 2.58. The number of para-hydroxylation sites is 1. The molecule has 1 heterocycles. The lowest BCUT2D eigenvalue weighted by molar-refractivity contribution is 0.151. The second-order valence-electron chi connectivity index (χ2n) is 5.23. The van der Waals surface area contributed by atoms with E-state index in [1.807, 2.05) is 24.3 Å². The van der Waals surface area contributed by atoms with E-state index in [9.17, 15) is 8.78 Å². The van der Waals surface area contributed by atoms with E-state index < -0.39 is 6.43 Å². The van der Waals surface area contributed by atoms with Gasteiger partial charge in [-0.05, 0) is 23.3 Å². The van der Waals surface area contributed by atoms with Crippen LogP contribution in [-0.4, -0.2) is 12.6 Å². The first-order chi connectivity index (χ1) is 10.2. The maximum absolute atomic E-state index is 12.6. The topological polar surface area (TPSA) is 21.3 Å². The zero-order valence-corrected chi connectivity index (χ0v) is 11.6. The van der Waals surface area contributed by atoms with E-state index in [4.69, 9.17) is 4.74 Å². The molecule has 0 spiro atoms. The lowest BCUT2D eigenvalue weighted by atomic mass is 10.1. The quantitative estimate of drug-likeness (QED) is 0.906. The number of benzene rings is 2. The van der Waals surface area contributed by atoms with Crippen molar-refractivity contribution >= 4 is 0 Å². The molecule has 0 saturated heterocycles. The minimum Gasteiger partial charge on any atom is -0.488 e. The molecule has 3 rings (SSSR count). The highest BCUT2D eigenvalue weighted by Gasteiger charge is 2.21. The summed E-state index contributed by atoms with van der Waals surface area (Å²) in [5, 5.41) is 3.27. The fraction of sp³-hybridized carbons (Fsp3) is 0.294. The lowest BCUT2D eigenvalue weighted by Gasteiger charge is -2.12. The van der Waals surface area contributed by atoms with Crippen molar-refractivity contribution in [3.63, 3.8) is 0 Å². The van der Waals surface area contributed by atoms with Crippen LogP contribution < -0.4 is 10.1 Å².